The van der Waals surface area contributed by atoms with Crippen LogP contribution < -0.4 is 15.0 Å². The van der Waals surface area contributed by atoms with E-state index in [9.17, 15) is 9.59 Å². The summed E-state index contributed by atoms with van der Waals surface area (Å²) in [5, 5.41) is 3.09. The molecule has 2 aliphatic rings. The van der Waals surface area contributed by atoms with Gasteiger partial charge in [0.25, 0.3) is 0 Å². The zero-order valence-electron chi connectivity index (χ0n) is 23.8. The summed E-state index contributed by atoms with van der Waals surface area (Å²) in [7, 11) is 1.72. The van der Waals surface area contributed by atoms with E-state index in [2.05, 4.69) is 27.2 Å². The predicted octanol–water partition coefficient (Wildman–Crippen LogP) is 4.48. The number of nitrogens with one attached hydrogen (secondary N) is 1. The van der Waals surface area contributed by atoms with E-state index in [4.69, 9.17) is 9.47 Å². The Morgan fingerprint density at radius 2 is 1.56 bits per heavy atom. The molecule has 0 aromatic heterocycles. The van der Waals surface area contributed by atoms with Crippen LogP contribution in [0.2, 0.25) is 0 Å². The van der Waals surface area contributed by atoms with Gasteiger partial charge in [-0.05, 0) is 48.2 Å². The number of carbonyl (C=O) groups is 2. The summed E-state index contributed by atoms with van der Waals surface area (Å²) in [6.45, 7) is 6.09. The van der Waals surface area contributed by atoms with Gasteiger partial charge in [-0.1, -0.05) is 66.7 Å². The summed E-state index contributed by atoms with van der Waals surface area (Å²) < 4.78 is 11.1. The highest BCUT2D eigenvalue weighted by molar-refractivity contribution is 5.86. The van der Waals surface area contributed by atoms with E-state index in [0.29, 0.717) is 19.5 Å². The molecule has 0 aliphatic carbocycles. The first kappa shape index (κ1) is 28.5. The average molecular weight is 557 g/mol. The Hall–Kier alpha value is -4.04. The second-order valence-electron chi connectivity index (χ2n) is 10.7. The van der Waals surface area contributed by atoms with Crippen molar-refractivity contribution in [3.8, 4) is 5.75 Å². The topological polar surface area (TPSA) is 74.4 Å². The van der Waals surface area contributed by atoms with E-state index in [-0.39, 0.29) is 12.5 Å². The van der Waals surface area contributed by atoms with E-state index < -0.39 is 12.1 Å². The van der Waals surface area contributed by atoms with Crippen LogP contribution in [-0.4, -0.2) is 74.2 Å². The Morgan fingerprint density at radius 1 is 0.854 bits per heavy atom. The van der Waals surface area contributed by atoms with Gasteiger partial charge in [0.05, 0.1) is 19.3 Å². The van der Waals surface area contributed by atoms with Crippen LogP contribution in [0.15, 0.2) is 78.9 Å². The fourth-order valence-electron chi connectivity index (χ4n) is 5.64. The highest BCUT2D eigenvalue weighted by Gasteiger charge is 2.35. The molecule has 0 spiro atoms. The Kier molecular flexibility index (Phi) is 9.75. The summed E-state index contributed by atoms with van der Waals surface area (Å²) in [5.74, 6) is 0.794. The van der Waals surface area contributed by atoms with Gasteiger partial charge in [-0.3, -0.25) is 14.6 Å². The maximum absolute atomic E-state index is 13.3. The first-order valence-corrected chi connectivity index (χ1v) is 14.5. The van der Waals surface area contributed by atoms with Gasteiger partial charge in [0, 0.05) is 39.1 Å². The molecule has 216 valence electrons. The van der Waals surface area contributed by atoms with Gasteiger partial charge in [0.2, 0.25) is 5.91 Å². The number of nitrogens with zero attached hydrogens (tertiary/aromatic N) is 3. The molecule has 0 unspecified atom stereocenters. The van der Waals surface area contributed by atoms with Crippen molar-refractivity contribution in [3.63, 3.8) is 0 Å². The minimum atomic E-state index is -0.587. The van der Waals surface area contributed by atoms with E-state index in [1.807, 2.05) is 66.7 Å². The molecule has 2 heterocycles. The first-order chi connectivity index (χ1) is 20.1. The third kappa shape index (κ3) is 7.38. The molecule has 3 aromatic carbocycles. The van der Waals surface area contributed by atoms with Gasteiger partial charge in [-0.25, -0.2) is 4.79 Å². The maximum atomic E-state index is 13.3. The first-order valence-electron chi connectivity index (χ1n) is 14.5. The van der Waals surface area contributed by atoms with Crippen molar-refractivity contribution in [1.82, 2.24) is 15.1 Å². The molecule has 3 aromatic rings. The van der Waals surface area contributed by atoms with Crippen LogP contribution in [0.1, 0.15) is 29.5 Å². The summed E-state index contributed by atoms with van der Waals surface area (Å²) in [6, 6.07) is 25.2. The van der Waals surface area contributed by atoms with Gasteiger partial charge in [-0.2, -0.15) is 0 Å². The van der Waals surface area contributed by atoms with Crippen molar-refractivity contribution in [2.45, 2.75) is 38.5 Å². The number of ether oxygens (including phenoxy) is 2. The number of carbonyl (C=O) groups excluding carboxylic acids is 2. The molecule has 0 bridgehead atoms. The number of amides is 2. The lowest BCUT2D eigenvalue weighted by molar-refractivity contribution is -0.126. The quantitative estimate of drug-likeness (QED) is 0.372. The van der Waals surface area contributed by atoms with Crippen molar-refractivity contribution in [2.24, 2.45) is 0 Å². The van der Waals surface area contributed by atoms with E-state index in [0.717, 1.165) is 73.7 Å². The Balaban J connectivity index is 1.07. The molecule has 1 atom stereocenters. The lowest BCUT2D eigenvalue weighted by Crippen LogP contribution is -2.52. The van der Waals surface area contributed by atoms with Crippen LogP contribution in [0.3, 0.4) is 0 Å². The lowest BCUT2D eigenvalue weighted by Gasteiger charge is -2.36. The monoisotopic (exact) mass is 556 g/mol. The minimum absolute atomic E-state index is 0.124. The minimum Gasteiger partial charge on any atom is -0.495 e. The van der Waals surface area contributed by atoms with Crippen molar-refractivity contribution >= 4 is 17.7 Å². The molecule has 8 nitrogen and oxygen atoms in total. The van der Waals surface area contributed by atoms with Gasteiger partial charge < -0.3 is 19.7 Å². The Bertz CT molecular complexity index is 1290. The van der Waals surface area contributed by atoms with E-state index >= 15 is 0 Å². The van der Waals surface area contributed by atoms with Crippen molar-refractivity contribution in [2.75, 3.05) is 51.3 Å². The summed E-state index contributed by atoms with van der Waals surface area (Å²) in [4.78, 5) is 32.8. The standard InChI is InChI=1S/C33H40N4O4/c1-40-31-16-8-7-15-29(31)36-21-19-35(20-22-36)18-10-9-17-34-32(38)30-23-27-13-5-6-14-28(27)24-37(30)33(39)41-25-26-11-3-2-4-12-26/h2-8,11-16,30H,9-10,17-25H2,1H3,(H,34,38)/t30-/m0/s1. The van der Waals surface area contributed by atoms with E-state index in [1.165, 1.54) is 0 Å². The largest absolute Gasteiger partial charge is 0.495 e. The van der Waals surface area contributed by atoms with Gasteiger partial charge in [0.1, 0.15) is 18.4 Å². The van der Waals surface area contributed by atoms with Crippen molar-refractivity contribution in [1.29, 1.82) is 0 Å². The van der Waals surface area contributed by atoms with Gasteiger partial charge in [-0.15, -0.1) is 0 Å². The SMILES string of the molecule is COc1ccccc1N1CCN(CCCCNC(=O)[C@@H]2Cc3ccccc3CN2C(=O)OCc2ccccc2)CC1. The van der Waals surface area contributed by atoms with Crippen molar-refractivity contribution < 1.29 is 19.1 Å². The molecule has 1 fully saturated rings. The molecule has 41 heavy (non-hydrogen) atoms. The molecule has 8 heteroatoms. The number of rotatable bonds is 10. The smallest absolute Gasteiger partial charge is 0.411 e. The highest BCUT2D eigenvalue weighted by atomic mass is 16.6. The van der Waals surface area contributed by atoms with Crippen LogP contribution >= 0.6 is 0 Å². The zero-order valence-corrected chi connectivity index (χ0v) is 23.8. The summed E-state index contributed by atoms with van der Waals surface area (Å²) >= 11 is 0. The number of methoxy groups -OCH3 is 1. The number of unbranched alkanes of at least 4 members (excludes halogenated alkanes) is 1. The Labute approximate surface area is 242 Å². The van der Waals surface area contributed by atoms with Crippen molar-refractivity contribution in [3.05, 3.63) is 95.6 Å². The van der Waals surface area contributed by atoms with Crippen LogP contribution in [0.25, 0.3) is 0 Å². The van der Waals surface area contributed by atoms with Crippen LogP contribution in [-0.2, 0) is 29.1 Å². The average Bonchev–Trinajstić information content (AvgIpc) is 3.03. The third-order valence-electron chi connectivity index (χ3n) is 7.99. The fraction of sp³-hybridized carbons (Fsp3) is 0.394. The second-order valence-corrected chi connectivity index (χ2v) is 10.7. The molecule has 1 N–H and O–H groups in total. The molecule has 1 saturated heterocycles. The Morgan fingerprint density at radius 3 is 2.34 bits per heavy atom. The number of piperazine rings is 1. The number of anilines is 1. The maximum Gasteiger partial charge on any atom is 0.411 e. The number of benzene rings is 3. The van der Waals surface area contributed by atoms with Crippen LogP contribution in [0.4, 0.5) is 10.5 Å². The molecule has 5 rings (SSSR count). The normalized spacial score (nSPS) is 17.0. The number of hydrogen-bond acceptors (Lipinski definition) is 6. The highest BCUT2D eigenvalue weighted by Crippen LogP contribution is 2.28. The summed E-state index contributed by atoms with van der Waals surface area (Å²) in [5.41, 5.74) is 4.23. The third-order valence-corrected chi connectivity index (χ3v) is 7.99. The van der Waals surface area contributed by atoms with Gasteiger partial charge >= 0.3 is 6.09 Å². The molecular weight excluding hydrogens is 516 g/mol. The molecule has 0 radical (unpaired) electrons. The fourth-order valence-corrected chi connectivity index (χ4v) is 5.64. The molecule has 0 saturated carbocycles. The second kappa shape index (κ2) is 14.0. The number of fused-ring (bicyclic) bond motifs is 1. The number of hydrogen-bond donors (Lipinski definition) is 1. The molecule has 2 aliphatic heterocycles. The number of para-hydroxylation sites is 2. The molecule has 2 amide bonds. The van der Waals surface area contributed by atoms with E-state index in [1.54, 1.807) is 12.0 Å². The van der Waals surface area contributed by atoms with Crippen LogP contribution in [0, 0.1) is 0 Å². The zero-order chi connectivity index (χ0) is 28.4. The van der Waals surface area contributed by atoms with Gasteiger partial charge in [0.15, 0.2) is 0 Å². The lowest BCUT2D eigenvalue weighted by atomic mass is 9.94. The predicted molar refractivity (Wildman–Crippen MR) is 160 cm³/mol. The van der Waals surface area contributed by atoms with Crippen LogP contribution in [0.5, 0.6) is 5.75 Å². The summed E-state index contributed by atoms with van der Waals surface area (Å²) in [6.07, 6.45) is 1.92. The molecular formula is C33H40N4O4.